The molecule has 8 heteroatoms. The van der Waals surface area contributed by atoms with E-state index in [2.05, 4.69) is 22.4 Å². The third-order valence-corrected chi connectivity index (χ3v) is 8.36. The van der Waals surface area contributed by atoms with Gasteiger partial charge in [-0.15, -0.1) is 0 Å². The third-order valence-electron chi connectivity index (χ3n) is 8.36. The van der Waals surface area contributed by atoms with Crippen molar-refractivity contribution in [2.75, 3.05) is 27.2 Å². The number of H-pyrrole nitrogens is 1. The van der Waals surface area contributed by atoms with E-state index in [9.17, 15) is 14.4 Å². The number of piperidine rings is 1. The van der Waals surface area contributed by atoms with Gasteiger partial charge in [-0.2, -0.15) is 0 Å². The Hall–Kier alpha value is -3.81. The summed E-state index contributed by atoms with van der Waals surface area (Å²) < 4.78 is 5.52. The highest BCUT2D eigenvalue weighted by molar-refractivity contribution is 5.89. The van der Waals surface area contributed by atoms with Gasteiger partial charge in [0, 0.05) is 56.1 Å². The smallest absolute Gasteiger partial charge is 0.408 e. The molecule has 2 aromatic carbocycles. The predicted octanol–water partition coefficient (Wildman–Crippen LogP) is 4.74. The number of rotatable bonds is 5. The number of alkyl carbamates (subject to hydrolysis) is 1. The molecule has 2 heterocycles. The van der Waals surface area contributed by atoms with Gasteiger partial charge in [0.1, 0.15) is 11.6 Å². The van der Waals surface area contributed by atoms with Crippen molar-refractivity contribution in [2.24, 2.45) is 0 Å². The quantitative estimate of drug-likeness (QED) is 0.485. The maximum absolute atomic E-state index is 14.0. The molecule has 0 saturated carbocycles. The summed E-state index contributed by atoms with van der Waals surface area (Å²) >= 11 is 0. The average Bonchev–Trinajstić information content (AvgIpc) is 3.46. The number of aromatic nitrogens is 1. The maximum atomic E-state index is 14.0. The first-order valence-electron chi connectivity index (χ1n) is 14.1. The van der Waals surface area contributed by atoms with Gasteiger partial charge < -0.3 is 24.8 Å². The van der Waals surface area contributed by atoms with E-state index in [0.717, 1.165) is 41.3 Å². The molecule has 1 aromatic heterocycles. The molecule has 3 aromatic rings. The second-order valence-corrected chi connectivity index (χ2v) is 12.4. The first kappa shape index (κ1) is 27.7. The summed E-state index contributed by atoms with van der Waals surface area (Å²) in [5, 5.41) is 3.90. The van der Waals surface area contributed by atoms with Crippen LogP contribution in [0.15, 0.2) is 54.7 Å². The summed E-state index contributed by atoms with van der Waals surface area (Å²) in [5.41, 5.74) is 3.51. The fourth-order valence-electron chi connectivity index (χ4n) is 6.45. The van der Waals surface area contributed by atoms with Gasteiger partial charge in [-0.3, -0.25) is 9.59 Å². The number of carbonyl (C=O) groups excluding carboxylic acids is 3. The Bertz CT molecular complexity index is 1410. The van der Waals surface area contributed by atoms with Crippen molar-refractivity contribution in [3.05, 3.63) is 71.4 Å². The first-order valence-corrected chi connectivity index (χ1v) is 14.1. The van der Waals surface area contributed by atoms with Crippen LogP contribution in [-0.4, -0.2) is 71.5 Å². The Morgan fingerprint density at radius 2 is 1.75 bits per heavy atom. The molecule has 2 N–H and O–H groups in total. The van der Waals surface area contributed by atoms with Crippen LogP contribution in [0.25, 0.3) is 10.9 Å². The number of amides is 3. The minimum atomic E-state index is -0.762. The Morgan fingerprint density at radius 1 is 1.07 bits per heavy atom. The number of likely N-dealkylation sites (tertiary alicyclic amines) is 1. The zero-order valence-electron chi connectivity index (χ0n) is 24.1. The first-order chi connectivity index (χ1) is 19.0. The highest BCUT2D eigenvalue weighted by atomic mass is 16.6. The Balaban J connectivity index is 1.35. The van der Waals surface area contributed by atoms with Crippen molar-refractivity contribution in [2.45, 2.75) is 69.4 Å². The molecule has 1 saturated heterocycles. The molecule has 2 atom stereocenters. The Kier molecular flexibility index (Phi) is 7.38. The molecule has 1 fully saturated rings. The summed E-state index contributed by atoms with van der Waals surface area (Å²) in [4.78, 5) is 46.6. The molecule has 1 aliphatic heterocycles. The van der Waals surface area contributed by atoms with Gasteiger partial charge in [0.2, 0.25) is 11.8 Å². The van der Waals surface area contributed by atoms with Crippen LogP contribution in [0.2, 0.25) is 0 Å². The van der Waals surface area contributed by atoms with Crippen LogP contribution in [0, 0.1) is 0 Å². The van der Waals surface area contributed by atoms with Crippen molar-refractivity contribution in [1.29, 1.82) is 0 Å². The standard InChI is InChI=1S/C32H40N4O4/c1-31(2,3)40-30(39)34-27(18-21-20-33-26-13-9-7-10-22(21)26)29(38)36-16-14-32(15-17-36)19-24(28(37)35(4)5)23-11-6-8-12-25(23)32/h6-13,20,24,27,33H,14-19H2,1-5H3,(H,34,39)/t24-,27?/m1/s1. The highest BCUT2D eigenvalue weighted by Gasteiger charge is 2.48. The third kappa shape index (κ3) is 5.44. The lowest BCUT2D eigenvalue weighted by Gasteiger charge is -2.41. The number of carbonyl (C=O) groups is 3. The molecule has 3 amide bonds. The SMILES string of the molecule is CN(C)C(=O)[C@@H]1CC2(CCN(C(=O)C(Cc3c[nH]c4ccccc34)NC(=O)OC(C)(C)C)CC2)c2ccccc21. The lowest BCUT2D eigenvalue weighted by atomic mass is 9.73. The second-order valence-electron chi connectivity index (χ2n) is 12.4. The molecule has 0 radical (unpaired) electrons. The summed E-state index contributed by atoms with van der Waals surface area (Å²) in [6.07, 6.45) is 3.98. The van der Waals surface area contributed by atoms with E-state index >= 15 is 0 Å². The van der Waals surface area contributed by atoms with Gasteiger partial charge in [-0.05, 0) is 62.8 Å². The topological polar surface area (TPSA) is 94.7 Å². The van der Waals surface area contributed by atoms with E-state index in [1.165, 1.54) is 5.56 Å². The molecule has 0 bridgehead atoms. The van der Waals surface area contributed by atoms with E-state index in [0.29, 0.717) is 19.5 Å². The summed E-state index contributed by atoms with van der Waals surface area (Å²) in [6, 6.07) is 15.5. The van der Waals surface area contributed by atoms with E-state index < -0.39 is 17.7 Å². The number of fused-ring (bicyclic) bond motifs is 3. The highest BCUT2D eigenvalue weighted by Crippen LogP contribution is 2.52. The van der Waals surface area contributed by atoms with Crippen LogP contribution in [0.3, 0.4) is 0 Å². The molecule has 212 valence electrons. The molecular weight excluding hydrogens is 504 g/mol. The maximum Gasteiger partial charge on any atom is 0.408 e. The number of likely N-dealkylation sites (N-methyl/N-ethyl adjacent to an activating group) is 1. The molecule has 1 unspecified atom stereocenters. The predicted molar refractivity (Wildman–Crippen MR) is 155 cm³/mol. The van der Waals surface area contributed by atoms with Gasteiger partial charge in [0.25, 0.3) is 0 Å². The number of para-hydroxylation sites is 1. The van der Waals surface area contributed by atoms with Gasteiger partial charge in [-0.25, -0.2) is 4.79 Å². The van der Waals surface area contributed by atoms with Gasteiger partial charge in [0.05, 0.1) is 5.92 Å². The molecule has 2 aliphatic rings. The zero-order chi connectivity index (χ0) is 28.7. The van der Waals surface area contributed by atoms with Gasteiger partial charge in [0.15, 0.2) is 0 Å². The fraction of sp³-hybridized carbons (Fsp3) is 0.469. The number of ether oxygens (including phenoxy) is 1. The summed E-state index contributed by atoms with van der Waals surface area (Å²) in [7, 11) is 3.62. The Labute approximate surface area is 236 Å². The van der Waals surface area contributed by atoms with Crippen LogP contribution in [0.1, 0.15) is 62.6 Å². The second kappa shape index (κ2) is 10.6. The molecule has 1 spiro atoms. The average molecular weight is 545 g/mol. The summed E-state index contributed by atoms with van der Waals surface area (Å²) in [6.45, 7) is 6.55. The van der Waals surface area contributed by atoms with Crippen LogP contribution in [-0.2, 0) is 26.2 Å². The minimum Gasteiger partial charge on any atom is -0.444 e. The van der Waals surface area contributed by atoms with Crippen LogP contribution in [0.5, 0.6) is 0 Å². The van der Waals surface area contributed by atoms with Gasteiger partial charge >= 0.3 is 6.09 Å². The van der Waals surface area contributed by atoms with E-state index in [4.69, 9.17) is 4.74 Å². The van der Waals surface area contributed by atoms with E-state index in [-0.39, 0.29) is 23.1 Å². The monoisotopic (exact) mass is 544 g/mol. The molecule has 40 heavy (non-hydrogen) atoms. The largest absolute Gasteiger partial charge is 0.444 e. The molecule has 1 aliphatic carbocycles. The van der Waals surface area contributed by atoms with Crippen LogP contribution >= 0.6 is 0 Å². The summed E-state index contributed by atoms with van der Waals surface area (Å²) in [5.74, 6) is -0.140. The van der Waals surface area contributed by atoms with Gasteiger partial charge in [-0.1, -0.05) is 42.5 Å². The lowest BCUT2D eigenvalue weighted by molar-refractivity contribution is -0.135. The Morgan fingerprint density at radius 3 is 2.45 bits per heavy atom. The number of benzene rings is 2. The van der Waals surface area contributed by atoms with Crippen LogP contribution in [0.4, 0.5) is 4.79 Å². The van der Waals surface area contributed by atoms with Crippen molar-refractivity contribution < 1.29 is 19.1 Å². The molecule has 5 rings (SSSR count). The van der Waals surface area contributed by atoms with E-state index in [1.807, 2.05) is 61.6 Å². The van der Waals surface area contributed by atoms with Crippen molar-refractivity contribution in [3.8, 4) is 0 Å². The van der Waals surface area contributed by atoms with Crippen molar-refractivity contribution >= 4 is 28.8 Å². The number of hydrogen-bond acceptors (Lipinski definition) is 4. The number of nitrogens with one attached hydrogen (secondary N) is 2. The van der Waals surface area contributed by atoms with E-state index in [1.54, 1.807) is 25.7 Å². The zero-order valence-corrected chi connectivity index (χ0v) is 24.1. The normalized spacial score (nSPS) is 18.8. The van der Waals surface area contributed by atoms with Crippen molar-refractivity contribution in [3.63, 3.8) is 0 Å². The number of nitrogens with zero attached hydrogens (tertiary/aromatic N) is 2. The number of hydrogen-bond donors (Lipinski definition) is 2. The fourth-order valence-corrected chi connectivity index (χ4v) is 6.45. The molecule has 8 nitrogen and oxygen atoms in total. The number of aromatic amines is 1. The lowest BCUT2D eigenvalue weighted by Crippen LogP contribution is -2.54. The van der Waals surface area contributed by atoms with Crippen LogP contribution < -0.4 is 5.32 Å². The van der Waals surface area contributed by atoms with Crippen molar-refractivity contribution in [1.82, 2.24) is 20.1 Å². The minimum absolute atomic E-state index is 0.113. The molecular formula is C32H40N4O4.